The summed E-state index contributed by atoms with van der Waals surface area (Å²) in [5.41, 5.74) is 0. The Morgan fingerprint density at radius 3 is 0.667 bits per heavy atom. The van der Waals surface area contributed by atoms with Crippen molar-refractivity contribution in [1.29, 1.82) is 0 Å². The standard InChI is InChI=1S/C21H30/c1-2-11-7-10(1)16-17(11)19-13-5-6-15(9-13)21(19)20-14-4-3-12(8-14)18(16)20/h10-21H,1-9H2. The van der Waals surface area contributed by atoms with E-state index in [0.717, 1.165) is 0 Å². The van der Waals surface area contributed by atoms with Gasteiger partial charge in [-0.05, 0) is 129 Å². The molecule has 7 rings (SSSR count). The van der Waals surface area contributed by atoms with E-state index in [9.17, 15) is 0 Å². The van der Waals surface area contributed by atoms with E-state index in [1.54, 1.807) is 57.8 Å². The predicted molar refractivity (Wildman–Crippen MR) is 83.4 cm³/mol. The fraction of sp³-hybridized carbons (Fsp3) is 1.00. The summed E-state index contributed by atoms with van der Waals surface area (Å²) in [5, 5.41) is 0. The van der Waals surface area contributed by atoms with Crippen LogP contribution < -0.4 is 0 Å². The summed E-state index contributed by atoms with van der Waals surface area (Å²) in [6, 6.07) is 0. The molecule has 6 atom stereocenters. The first-order valence-electron chi connectivity index (χ1n) is 10.4. The molecular weight excluding hydrogens is 252 g/mol. The molecule has 0 aromatic carbocycles. The number of hydrogen-bond donors (Lipinski definition) is 0. The van der Waals surface area contributed by atoms with Crippen LogP contribution in [0.2, 0.25) is 0 Å². The van der Waals surface area contributed by atoms with Gasteiger partial charge in [0.15, 0.2) is 0 Å². The molecule has 0 amide bonds. The predicted octanol–water partition coefficient (Wildman–Crippen LogP) is 4.99. The number of rotatable bonds is 0. The molecule has 0 N–H and O–H groups in total. The van der Waals surface area contributed by atoms with Gasteiger partial charge >= 0.3 is 0 Å². The molecule has 114 valence electrons. The molecule has 0 heterocycles. The van der Waals surface area contributed by atoms with Gasteiger partial charge in [-0.1, -0.05) is 0 Å². The zero-order valence-electron chi connectivity index (χ0n) is 13.3. The van der Waals surface area contributed by atoms with Crippen LogP contribution in [0.5, 0.6) is 0 Å². The minimum Gasteiger partial charge on any atom is -0.0499 e. The summed E-state index contributed by atoms with van der Waals surface area (Å²) in [7, 11) is 0. The van der Waals surface area contributed by atoms with Gasteiger partial charge in [0, 0.05) is 0 Å². The van der Waals surface area contributed by atoms with E-state index >= 15 is 0 Å². The van der Waals surface area contributed by atoms with Crippen molar-refractivity contribution < 1.29 is 0 Å². The highest BCUT2D eigenvalue weighted by molar-refractivity contribution is 5.18. The zero-order valence-corrected chi connectivity index (χ0v) is 13.3. The largest absolute Gasteiger partial charge is 0.0499 e. The summed E-state index contributed by atoms with van der Waals surface area (Å²) in [5.74, 6) is 14.6. The topological polar surface area (TPSA) is 0 Å². The van der Waals surface area contributed by atoms with E-state index in [1.165, 1.54) is 71.0 Å². The van der Waals surface area contributed by atoms with Gasteiger partial charge in [-0.3, -0.25) is 0 Å². The van der Waals surface area contributed by atoms with Gasteiger partial charge in [-0.15, -0.1) is 0 Å². The fourth-order valence-electron chi connectivity index (χ4n) is 10.6. The molecule has 6 bridgehead atoms. The Bertz CT molecular complexity index is 369. The van der Waals surface area contributed by atoms with Crippen molar-refractivity contribution in [2.45, 2.75) is 57.8 Å². The first-order chi connectivity index (χ1) is 10.4. The van der Waals surface area contributed by atoms with Gasteiger partial charge in [-0.25, -0.2) is 0 Å². The molecule has 0 aromatic heterocycles. The highest BCUT2D eigenvalue weighted by atomic mass is 14.7. The van der Waals surface area contributed by atoms with Crippen LogP contribution in [0.25, 0.3) is 0 Å². The van der Waals surface area contributed by atoms with E-state index < -0.39 is 0 Å². The lowest BCUT2D eigenvalue weighted by atomic mass is 9.48. The first kappa shape index (κ1) is 11.5. The van der Waals surface area contributed by atoms with Gasteiger partial charge in [0.1, 0.15) is 0 Å². The maximum atomic E-state index is 1.68. The summed E-state index contributed by atoms with van der Waals surface area (Å²) in [6.45, 7) is 0. The number of hydrogen-bond acceptors (Lipinski definition) is 0. The second-order valence-electron chi connectivity index (χ2n) is 10.5. The van der Waals surface area contributed by atoms with E-state index in [0.29, 0.717) is 0 Å². The molecule has 6 unspecified atom stereocenters. The van der Waals surface area contributed by atoms with Gasteiger partial charge in [0.05, 0.1) is 0 Å². The van der Waals surface area contributed by atoms with Crippen LogP contribution in [0.4, 0.5) is 0 Å². The van der Waals surface area contributed by atoms with Crippen molar-refractivity contribution in [2.75, 3.05) is 0 Å². The lowest BCUT2D eigenvalue weighted by Crippen LogP contribution is -2.52. The summed E-state index contributed by atoms with van der Waals surface area (Å²) >= 11 is 0. The van der Waals surface area contributed by atoms with Crippen LogP contribution in [0, 0.1) is 71.0 Å². The summed E-state index contributed by atoms with van der Waals surface area (Å²) in [4.78, 5) is 0. The molecular formula is C21H30. The fourth-order valence-corrected chi connectivity index (χ4v) is 10.6. The van der Waals surface area contributed by atoms with Crippen molar-refractivity contribution in [1.82, 2.24) is 0 Å². The SMILES string of the molecule is C1CC2CC1C1C3C4CCC(C4)C3C3C4CCC(C4)C3C21. The van der Waals surface area contributed by atoms with Crippen LogP contribution in [-0.2, 0) is 0 Å². The van der Waals surface area contributed by atoms with Gasteiger partial charge in [0.25, 0.3) is 0 Å². The minimum atomic E-state index is 1.20. The summed E-state index contributed by atoms with van der Waals surface area (Å²) < 4.78 is 0. The third-order valence-corrected chi connectivity index (χ3v) is 10.5. The second kappa shape index (κ2) is 3.57. The average Bonchev–Trinajstić information content (AvgIpc) is 3.34. The lowest BCUT2D eigenvalue weighted by Gasteiger charge is -2.57. The van der Waals surface area contributed by atoms with Gasteiger partial charge in [-0.2, -0.15) is 0 Å². The Labute approximate surface area is 129 Å². The van der Waals surface area contributed by atoms with Crippen molar-refractivity contribution in [3.05, 3.63) is 0 Å². The van der Waals surface area contributed by atoms with E-state index in [1.807, 2.05) is 0 Å². The Hall–Kier alpha value is 0. The molecule has 0 saturated heterocycles. The maximum Gasteiger partial charge on any atom is -0.0318 e. The Kier molecular flexibility index (Phi) is 1.96. The highest BCUT2D eigenvalue weighted by Crippen LogP contribution is 2.76. The molecule has 7 aliphatic carbocycles. The highest BCUT2D eigenvalue weighted by Gasteiger charge is 2.69. The Morgan fingerprint density at radius 2 is 0.476 bits per heavy atom. The Balaban J connectivity index is 1.40. The molecule has 0 heteroatoms. The quantitative estimate of drug-likeness (QED) is 0.587. The molecule has 0 aromatic rings. The Morgan fingerprint density at radius 1 is 0.286 bits per heavy atom. The molecule has 0 nitrogen and oxygen atoms in total. The smallest absolute Gasteiger partial charge is 0.0318 e. The first-order valence-corrected chi connectivity index (χ1v) is 10.4. The minimum absolute atomic E-state index is 1.20. The molecule has 0 radical (unpaired) electrons. The lowest BCUT2D eigenvalue weighted by molar-refractivity contribution is -0.0918. The average molecular weight is 282 g/mol. The maximum absolute atomic E-state index is 1.68. The van der Waals surface area contributed by atoms with Crippen LogP contribution in [0.15, 0.2) is 0 Å². The number of fused-ring (bicyclic) bond motifs is 18. The van der Waals surface area contributed by atoms with Gasteiger partial charge < -0.3 is 0 Å². The van der Waals surface area contributed by atoms with Crippen molar-refractivity contribution in [3.8, 4) is 0 Å². The molecule has 7 aliphatic rings. The molecule has 7 saturated carbocycles. The molecule has 7 fully saturated rings. The second-order valence-corrected chi connectivity index (χ2v) is 10.5. The molecule has 21 heavy (non-hydrogen) atoms. The molecule has 0 aliphatic heterocycles. The van der Waals surface area contributed by atoms with E-state index in [2.05, 4.69) is 0 Å². The third-order valence-electron chi connectivity index (χ3n) is 10.5. The normalized spacial score (nSPS) is 72.0. The third kappa shape index (κ3) is 1.15. The van der Waals surface area contributed by atoms with Crippen molar-refractivity contribution in [3.63, 3.8) is 0 Å². The van der Waals surface area contributed by atoms with Crippen molar-refractivity contribution in [2.24, 2.45) is 71.0 Å². The van der Waals surface area contributed by atoms with Crippen LogP contribution in [0.3, 0.4) is 0 Å². The van der Waals surface area contributed by atoms with Crippen LogP contribution in [0.1, 0.15) is 57.8 Å². The van der Waals surface area contributed by atoms with Gasteiger partial charge in [0.2, 0.25) is 0 Å². The van der Waals surface area contributed by atoms with E-state index in [4.69, 9.17) is 0 Å². The van der Waals surface area contributed by atoms with Crippen LogP contribution in [-0.4, -0.2) is 0 Å². The van der Waals surface area contributed by atoms with Crippen molar-refractivity contribution >= 4 is 0 Å². The molecule has 0 spiro atoms. The zero-order chi connectivity index (χ0) is 13.3. The van der Waals surface area contributed by atoms with Crippen LogP contribution >= 0.6 is 0 Å². The van der Waals surface area contributed by atoms with E-state index in [-0.39, 0.29) is 0 Å². The monoisotopic (exact) mass is 282 g/mol. The summed E-state index contributed by atoms with van der Waals surface area (Å²) in [6.07, 6.45) is 14.9.